The monoisotopic (exact) mass is 581 g/mol. The standard InChI is InChI=1S/C30H47NO10/c1-7-10-11-14-27(32)37-22(6)19-36-28(33)24(31)17-23-15-16-25(40-29(34)38-20(4)12-8-2)26(18-23)41-30(35)39-21(5)13-9-3/h15-16,18,20-22,24H,7-14,17,19,31H2,1-6H3/t20?,21?,22-,24-/m0/s1. The first-order valence-electron chi connectivity index (χ1n) is 14.5. The van der Waals surface area contributed by atoms with Gasteiger partial charge in [-0.3, -0.25) is 9.59 Å². The summed E-state index contributed by atoms with van der Waals surface area (Å²) in [6.07, 6.45) is 2.71. The number of ether oxygens (including phenoxy) is 6. The fourth-order valence-corrected chi connectivity index (χ4v) is 3.81. The predicted molar refractivity (Wildman–Crippen MR) is 152 cm³/mol. The number of carbonyl (C=O) groups is 4. The van der Waals surface area contributed by atoms with E-state index in [1.54, 1.807) is 26.8 Å². The Kier molecular flexibility index (Phi) is 17.1. The number of nitrogens with two attached hydrogens (primary N) is 1. The molecule has 0 fully saturated rings. The van der Waals surface area contributed by atoms with Crippen molar-refractivity contribution >= 4 is 24.2 Å². The molecule has 0 aliphatic carbocycles. The van der Waals surface area contributed by atoms with Crippen molar-refractivity contribution in [2.24, 2.45) is 5.73 Å². The van der Waals surface area contributed by atoms with E-state index in [-0.39, 0.29) is 42.7 Å². The van der Waals surface area contributed by atoms with E-state index in [0.717, 1.165) is 32.1 Å². The van der Waals surface area contributed by atoms with Gasteiger partial charge in [0.15, 0.2) is 11.5 Å². The summed E-state index contributed by atoms with van der Waals surface area (Å²) in [5.74, 6) is -1.19. The Bertz CT molecular complexity index is 967. The molecule has 2 unspecified atom stereocenters. The van der Waals surface area contributed by atoms with E-state index in [2.05, 4.69) is 0 Å². The Labute approximate surface area is 243 Å². The molecule has 1 aromatic rings. The van der Waals surface area contributed by atoms with Crippen LogP contribution in [0.25, 0.3) is 0 Å². The van der Waals surface area contributed by atoms with Crippen LogP contribution in [0.2, 0.25) is 0 Å². The molecule has 2 N–H and O–H groups in total. The molecule has 0 bridgehead atoms. The Morgan fingerprint density at radius 1 is 0.756 bits per heavy atom. The van der Waals surface area contributed by atoms with Crippen molar-refractivity contribution in [3.05, 3.63) is 23.8 Å². The predicted octanol–water partition coefficient (Wildman–Crippen LogP) is 6.02. The Morgan fingerprint density at radius 3 is 1.90 bits per heavy atom. The van der Waals surface area contributed by atoms with Gasteiger partial charge in [0.1, 0.15) is 31.0 Å². The van der Waals surface area contributed by atoms with Crippen molar-refractivity contribution in [1.29, 1.82) is 0 Å². The van der Waals surface area contributed by atoms with E-state index in [1.165, 1.54) is 12.1 Å². The molecule has 0 heterocycles. The second-order valence-electron chi connectivity index (χ2n) is 10.1. The van der Waals surface area contributed by atoms with E-state index in [9.17, 15) is 19.2 Å². The molecule has 11 nitrogen and oxygen atoms in total. The van der Waals surface area contributed by atoms with Crippen LogP contribution in [0.4, 0.5) is 9.59 Å². The molecule has 0 aliphatic rings. The summed E-state index contributed by atoms with van der Waals surface area (Å²) in [6.45, 7) is 11.0. The number of esters is 2. The molecular weight excluding hydrogens is 534 g/mol. The topological polar surface area (TPSA) is 150 Å². The van der Waals surface area contributed by atoms with Crippen molar-refractivity contribution in [3.63, 3.8) is 0 Å². The highest BCUT2D eigenvalue weighted by molar-refractivity contribution is 5.76. The normalized spacial score (nSPS) is 13.7. The highest BCUT2D eigenvalue weighted by Crippen LogP contribution is 2.30. The highest BCUT2D eigenvalue weighted by atomic mass is 16.7. The average molecular weight is 582 g/mol. The van der Waals surface area contributed by atoms with E-state index < -0.39 is 30.4 Å². The van der Waals surface area contributed by atoms with Crippen LogP contribution in [0, 0.1) is 0 Å². The van der Waals surface area contributed by atoms with Gasteiger partial charge in [0.05, 0.1) is 0 Å². The maximum absolute atomic E-state index is 12.5. The lowest BCUT2D eigenvalue weighted by Gasteiger charge is -2.17. The van der Waals surface area contributed by atoms with Gasteiger partial charge < -0.3 is 34.2 Å². The first kappa shape index (κ1) is 35.7. The molecule has 0 amide bonds. The number of hydrogen-bond donors (Lipinski definition) is 1. The fourth-order valence-electron chi connectivity index (χ4n) is 3.81. The molecule has 1 aromatic carbocycles. The van der Waals surface area contributed by atoms with E-state index in [0.29, 0.717) is 24.8 Å². The van der Waals surface area contributed by atoms with Crippen LogP contribution in [-0.4, -0.2) is 55.2 Å². The maximum atomic E-state index is 12.5. The minimum atomic E-state index is -1.06. The van der Waals surface area contributed by atoms with Crippen LogP contribution in [0.15, 0.2) is 18.2 Å². The van der Waals surface area contributed by atoms with Crippen molar-refractivity contribution in [1.82, 2.24) is 0 Å². The van der Waals surface area contributed by atoms with Gasteiger partial charge in [-0.15, -0.1) is 0 Å². The second kappa shape index (κ2) is 19.7. The van der Waals surface area contributed by atoms with Crippen LogP contribution in [0.3, 0.4) is 0 Å². The quantitative estimate of drug-likeness (QED) is 0.0938. The second-order valence-corrected chi connectivity index (χ2v) is 10.1. The van der Waals surface area contributed by atoms with Crippen LogP contribution < -0.4 is 15.2 Å². The van der Waals surface area contributed by atoms with Crippen LogP contribution in [-0.2, 0) is 35.0 Å². The first-order valence-corrected chi connectivity index (χ1v) is 14.5. The summed E-state index contributed by atoms with van der Waals surface area (Å²) in [5.41, 5.74) is 6.56. The molecule has 0 spiro atoms. The minimum absolute atomic E-state index is 0.0277. The third kappa shape index (κ3) is 15.3. The zero-order valence-electron chi connectivity index (χ0n) is 25.3. The van der Waals surface area contributed by atoms with Crippen molar-refractivity contribution in [2.75, 3.05) is 6.61 Å². The lowest BCUT2D eigenvalue weighted by molar-refractivity contribution is -0.158. The molecule has 0 radical (unpaired) electrons. The molecule has 41 heavy (non-hydrogen) atoms. The zero-order chi connectivity index (χ0) is 30.8. The average Bonchev–Trinajstić information content (AvgIpc) is 2.88. The van der Waals surface area contributed by atoms with Crippen molar-refractivity contribution in [2.45, 2.75) is 124 Å². The minimum Gasteiger partial charge on any atom is -0.461 e. The Balaban J connectivity index is 2.86. The first-order chi connectivity index (χ1) is 19.5. The SMILES string of the molecule is CCCCCC(=O)O[C@@H](C)COC(=O)[C@@H](N)Cc1ccc(OC(=O)OC(C)CCC)c(OC(=O)OC(C)CCC)c1. The number of unbranched alkanes of at least 4 members (excludes halogenated alkanes) is 2. The summed E-state index contributed by atoms with van der Waals surface area (Å²) in [5, 5.41) is 0. The molecule has 11 heteroatoms. The highest BCUT2D eigenvalue weighted by Gasteiger charge is 2.22. The zero-order valence-corrected chi connectivity index (χ0v) is 25.3. The molecule has 1 rings (SSSR count). The van der Waals surface area contributed by atoms with E-state index in [4.69, 9.17) is 34.2 Å². The van der Waals surface area contributed by atoms with Crippen molar-refractivity contribution < 1.29 is 47.6 Å². The molecule has 4 atom stereocenters. The smallest absolute Gasteiger partial charge is 0.461 e. The Hall–Kier alpha value is -3.34. The van der Waals surface area contributed by atoms with E-state index in [1.807, 2.05) is 20.8 Å². The van der Waals surface area contributed by atoms with Gasteiger partial charge in [-0.05, 0) is 64.2 Å². The molecule has 0 aliphatic heterocycles. The summed E-state index contributed by atoms with van der Waals surface area (Å²) in [7, 11) is 0. The summed E-state index contributed by atoms with van der Waals surface area (Å²) in [6, 6.07) is 3.36. The third-order valence-electron chi connectivity index (χ3n) is 5.92. The Morgan fingerprint density at radius 2 is 1.34 bits per heavy atom. The lowest BCUT2D eigenvalue weighted by atomic mass is 10.1. The third-order valence-corrected chi connectivity index (χ3v) is 5.92. The molecular formula is C30H47NO10. The van der Waals surface area contributed by atoms with Crippen molar-refractivity contribution in [3.8, 4) is 11.5 Å². The molecule has 232 valence electrons. The van der Waals surface area contributed by atoms with Gasteiger partial charge in [0, 0.05) is 6.42 Å². The summed E-state index contributed by atoms with van der Waals surface area (Å²) < 4.78 is 31.6. The van der Waals surface area contributed by atoms with Gasteiger partial charge in [-0.25, -0.2) is 9.59 Å². The number of benzene rings is 1. The number of rotatable bonds is 18. The number of carbonyl (C=O) groups excluding carboxylic acids is 4. The van der Waals surface area contributed by atoms with E-state index >= 15 is 0 Å². The largest absolute Gasteiger partial charge is 0.514 e. The number of hydrogen-bond acceptors (Lipinski definition) is 11. The van der Waals surface area contributed by atoms with Gasteiger partial charge in [-0.2, -0.15) is 0 Å². The molecule has 0 saturated carbocycles. The molecule has 0 saturated heterocycles. The lowest BCUT2D eigenvalue weighted by Crippen LogP contribution is -2.36. The maximum Gasteiger partial charge on any atom is 0.514 e. The van der Waals surface area contributed by atoms with Gasteiger partial charge in [-0.1, -0.05) is 52.5 Å². The van der Waals surface area contributed by atoms with Gasteiger partial charge >= 0.3 is 24.2 Å². The summed E-state index contributed by atoms with van der Waals surface area (Å²) in [4.78, 5) is 49.0. The fraction of sp³-hybridized carbons (Fsp3) is 0.667. The van der Waals surface area contributed by atoms with Gasteiger partial charge in [0.2, 0.25) is 0 Å². The van der Waals surface area contributed by atoms with Crippen LogP contribution in [0.1, 0.15) is 98.5 Å². The van der Waals surface area contributed by atoms with Crippen LogP contribution >= 0.6 is 0 Å². The van der Waals surface area contributed by atoms with Gasteiger partial charge in [0.25, 0.3) is 0 Å². The van der Waals surface area contributed by atoms with Crippen LogP contribution in [0.5, 0.6) is 11.5 Å². The summed E-state index contributed by atoms with van der Waals surface area (Å²) >= 11 is 0. The molecule has 0 aromatic heterocycles.